The SMILES string of the molecule is CC1CC(C)CN(C(C)C(C)C(=O)NN)C1. The number of nitrogens with one attached hydrogen (secondary N) is 1. The summed E-state index contributed by atoms with van der Waals surface area (Å²) in [5.74, 6) is 6.50. The molecule has 0 aromatic carbocycles. The van der Waals surface area contributed by atoms with Gasteiger partial charge in [0.2, 0.25) is 5.91 Å². The van der Waals surface area contributed by atoms with Gasteiger partial charge in [0, 0.05) is 19.1 Å². The topological polar surface area (TPSA) is 58.4 Å². The molecule has 1 aliphatic rings. The van der Waals surface area contributed by atoms with Crippen LogP contribution in [0.5, 0.6) is 0 Å². The fourth-order valence-corrected chi connectivity index (χ4v) is 2.71. The summed E-state index contributed by atoms with van der Waals surface area (Å²) in [5.41, 5.74) is 2.24. The van der Waals surface area contributed by atoms with Crippen molar-refractivity contribution in [3.05, 3.63) is 0 Å². The van der Waals surface area contributed by atoms with Gasteiger partial charge in [-0.2, -0.15) is 0 Å². The number of hydrogen-bond acceptors (Lipinski definition) is 3. The van der Waals surface area contributed by atoms with Crippen LogP contribution in [0.4, 0.5) is 0 Å². The molecule has 1 heterocycles. The maximum Gasteiger partial charge on any atom is 0.238 e. The molecule has 0 spiro atoms. The van der Waals surface area contributed by atoms with Gasteiger partial charge >= 0.3 is 0 Å². The van der Waals surface area contributed by atoms with Crippen LogP contribution in [0.15, 0.2) is 0 Å². The van der Waals surface area contributed by atoms with Gasteiger partial charge in [0.05, 0.1) is 5.92 Å². The third-order valence-electron chi connectivity index (χ3n) is 3.75. The van der Waals surface area contributed by atoms with Crippen molar-refractivity contribution in [2.24, 2.45) is 23.6 Å². The zero-order chi connectivity index (χ0) is 12.3. The van der Waals surface area contributed by atoms with Gasteiger partial charge in [-0.15, -0.1) is 0 Å². The van der Waals surface area contributed by atoms with Crippen LogP contribution in [-0.2, 0) is 4.79 Å². The number of carbonyl (C=O) groups excluding carboxylic acids is 1. The normalized spacial score (nSPS) is 30.8. The largest absolute Gasteiger partial charge is 0.299 e. The van der Waals surface area contributed by atoms with Crippen LogP contribution in [0.3, 0.4) is 0 Å². The first-order valence-corrected chi connectivity index (χ1v) is 6.20. The van der Waals surface area contributed by atoms with Crippen LogP contribution in [0.2, 0.25) is 0 Å². The first-order valence-electron chi connectivity index (χ1n) is 6.20. The molecule has 0 aliphatic carbocycles. The highest BCUT2D eigenvalue weighted by atomic mass is 16.2. The van der Waals surface area contributed by atoms with Gasteiger partial charge in [-0.3, -0.25) is 15.1 Å². The predicted octanol–water partition coefficient (Wildman–Crippen LogP) is 0.979. The van der Waals surface area contributed by atoms with E-state index in [9.17, 15) is 4.79 Å². The standard InChI is InChI=1S/C12H25N3O/c1-8-5-9(2)7-15(6-8)11(4)10(3)12(16)14-13/h8-11H,5-7,13H2,1-4H3,(H,14,16). The Kier molecular flexibility index (Phi) is 4.74. The third-order valence-corrected chi connectivity index (χ3v) is 3.75. The van der Waals surface area contributed by atoms with Gasteiger partial charge in [0.1, 0.15) is 0 Å². The lowest BCUT2D eigenvalue weighted by Gasteiger charge is -2.40. The van der Waals surface area contributed by atoms with E-state index in [1.54, 1.807) is 0 Å². The minimum absolute atomic E-state index is 0.0532. The lowest BCUT2D eigenvalue weighted by molar-refractivity contribution is -0.126. The molecule has 16 heavy (non-hydrogen) atoms. The van der Waals surface area contributed by atoms with E-state index in [0.29, 0.717) is 0 Å². The summed E-state index contributed by atoms with van der Waals surface area (Å²) in [6.45, 7) is 10.8. The van der Waals surface area contributed by atoms with Crippen molar-refractivity contribution in [3.63, 3.8) is 0 Å². The molecule has 4 atom stereocenters. The van der Waals surface area contributed by atoms with Crippen molar-refractivity contribution in [2.75, 3.05) is 13.1 Å². The smallest absolute Gasteiger partial charge is 0.238 e. The maximum absolute atomic E-state index is 11.5. The van der Waals surface area contributed by atoms with Crippen molar-refractivity contribution in [1.29, 1.82) is 0 Å². The Morgan fingerprint density at radius 1 is 1.31 bits per heavy atom. The molecule has 0 bridgehead atoms. The zero-order valence-corrected chi connectivity index (χ0v) is 10.9. The van der Waals surface area contributed by atoms with E-state index >= 15 is 0 Å². The van der Waals surface area contributed by atoms with E-state index in [1.807, 2.05) is 6.92 Å². The van der Waals surface area contributed by atoms with Crippen molar-refractivity contribution in [1.82, 2.24) is 10.3 Å². The molecule has 4 nitrogen and oxygen atoms in total. The molecule has 0 saturated carbocycles. The summed E-state index contributed by atoms with van der Waals surface area (Å²) in [6.07, 6.45) is 1.29. The summed E-state index contributed by atoms with van der Waals surface area (Å²) in [6, 6.07) is 0.258. The van der Waals surface area contributed by atoms with E-state index in [0.717, 1.165) is 24.9 Å². The Morgan fingerprint density at radius 2 is 1.81 bits per heavy atom. The molecule has 1 aliphatic heterocycles. The molecule has 0 aromatic rings. The first-order chi connectivity index (χ1) is 7.45. The Hall–Kier alpha value is -0.610. The van der Waals surface area contributed by atoms with Gasteiger partial charge in [0.15, 0.2) is 0 Å². The summed E-state index contributed by atoms with van der Waals surface area (Å²) < 4.78 is 0. The Bertz CT molecular complexity index is 234. The molecule has 1 fully saturated rings. The van der Waals surface area contributed by atoms with Crippen molar-refractivity contribution in [3.8, 4) is 0 Å². The van der Waals surface area contributed by atoms with Crippen LogP contribution in [0, 0.1) is 17.8 Å². The first kappa shape index (κ1) is 13.5. The average molecular weight is 227 g/mol. The second-order valence-corrected chi connectivity index (χ2v) is 5.44. The molecular weight excluding hydrogens is 202 g/mol. The van der Waals surface area contributed by atoms with Gasteiger partial charge in [0.25, 0.3) is 0 Å². The molecule has 94 valence electrons. The highest BCUT2D eigenvalue weighted by molar-refractivity contribution is 5.78. The van der Waals surface area contributed by atoms with E-state index < -0.39 is 0 Å². The Balaban J connectivity index is 2.58. The Labute approximate surface area is 98.5 Å². The maximum atomic E-state index is 11.5. The number of likely N-dealkylation sites (tertiary alicyclic amines) is 1. The number of carbonyl (C=O) groups is 1. The molecule has 0 radical (unpaired) electrons. The summed E-state index contributed by atoms with van der Waals surface area (Å²) in [4.78, 5) is 13.9. The third kappa shape index (κ3) is 3.19. The molecule has 4 heteroatoms. The minimum atomic E-state index is -0.0709. The molecule has 1 amide bonds. The number of amides is 1. The fraction of sp³-hybridized carbons (Fsp3) is 0.917. The van der Waals surface area contributed by atoms with Gasteiger partial charge < -0.3 is 0 Å². The highest BCUT2D eigenvalue weighted by Gasteiger charge is 2.30. The van der Waals surface area contributed by atoms with E-state index in [2.05, 4.69) is 31.1 Å². The lowest BCUT2D eigenvalue weighted by Crippen LogP contribution is -2.50. The second-order valence-electron chi connectivity index (χ2n) is 5.44. The van der Waals surface area contributed by atoms with E-state index in [4.69, 9.17) is 5.84 Å². The molecule has 0 aromatic heterocycles. The van der Waals surface area contributed by atoms with Crippen LogP contribution >= 0.6 is 0 Å². The number of hydrazine groups is 1. The monoisotopic (exact) mass is 227 g/mol. The molecular formula is C12H25N3O. The minimum Gasteiger partial charge on any atom is -0.299 e. The Morgan fingerprint density at radius 3 is 2.25 bits per heavy atom. The van der Waals surface area contributed by atoms with Gasteiger partial charge in [-0.05, 0) is 25.2 Å². The number of nitrogens with zero attached hydrogens (tertiary/aromatic N) is 1. The number of nitrogens with two attached hydrogens (primary N) is 1. The van der Waals surface area contributed by atoms with Gasteiger partial charge in [-0.1, -0.05) is 20.8 Å². The summed E-state index contributed by atoms with van der Waals surface area (Å²) in [5, 5.41) is 0. The highest BCUT2D eigenvalue weighted by Crippen LogP contribution is 2.24. The number of hydrogen-bond donors (Lipinski definition) is 2. The van der Waals surface area contributed by atoms with Crippen LogP contribution in [-0.4, -0.2) is 29.9 Å². The molecule has 3 N–H and O–H groups in total. The average Bonchev–Trinajstić information content (AvgIpc) is 2.24. The summed E-state index contributed by atoms with van der Waals surface area (Å²) >= 11 is 0. The van der Waals surface area contributed by atoms with Gasteiger partial charge in [-0.25, -0.2) is 5.84 Å². The van der Waals surface area contributed by atoms with Crippen LogP contribution in [0.25, 0.3) is 0 Å². The van der Waals surface area contributed by atoms with Crippen LogP contribution < -0.4 is 11.3 Å². The quantitative estimate of drug-likeness (QED) is 0.429. The van der Waals surface area contributed by atoms with E-state index in [-0.39, 0.29) is 17.9 Å². The van der Waals surface area contributed by atoms with Crippen molar-refractivity contribution < 1.29 is 4.79 Å². The molecule has 4 unspecified atom stereocenters. The van der Waals surface area contributed by atoms with Crippen molar-refractivity contribution in [2.45, 2.75) is 40.2 Å². The number of rotatable bonds is 3. The van der Waals surface area contributed by atoms with Crippen molar-refractivity contribution >= 4 is 5.91 Å². The van der Waals surface area contributed by atoms with Crippen LogP contribution in [0.1, 0.15) is 34.1 Å². The lowest BCUT2D eigenvalue weighted by atomic mass is 9.89. The summed E-state index contributed by atoms with van der Waals surface area (Å²) in [7, 11) is 0. The molecule has 1 rings (SSSR count). The fourth-order valence-electron chi connectivity index (χ4n) is 2.71. The second kappa shape index (κ2) is 5.64. The zero-order valence-electron chi connectivity index (χ0n) is 10.9. The predicted molar refractivity (Wildman–Crippen MR) is 65.5 cm³/mol. The molecule has 1 saturated heterocycles. The van der Waals surface area contributed by atoms with E-state index in [1.165, 1.54) is 6.42 Å². The number of piperidine rings is 1.